The second-order valence-electron chi connectivity index (χ2n) is 4.52. The Labute approximate surface area is 117 Å². The third-order valence-corrected chi connectivity index (χ3v) is 3.84. The second-order valence-corrected chi connectivity index (χ2v) is 5.57. The molecule has 1 aromatic rings. The number of carbonyl (C=O) groups excluding carboxylic acids is 1. The number of hydrogen-bond acceptors (Lipinski definition) is 4. The van der Waals surface area contributed by atoms with E-state index in [0.717, 1.165) is 17.5 Å². The summed E-state index contributed by atoms with van der Waals surface area (Å²) in [6, 6.07) is 10.8. The highest BCUT2D eigenvalue weighted by atomic mass is 32.2. The van der Waals surface area contributed by atoms with Crippen LogP contribution < -0.4 is 10.6 Å². The summed E-state index contributed by atoms with van der Waals surface area (Å²) in [5.74, 6) is 0.243. The average Bonchev–Trinajstić information content (AvgIpc) is 3.26. The van der Waals surface area contributed by atoms with Gasteiger partial charge in [0, 0.05) is 17.5 Å². The van der Waals surface area contributed by atoms with E-state index < -0.39 is 0 Å². The molecule has 1 amide bonds. The van der Waals surface area contributed by atoms with Crippen LogP contribution in [0.2, 0.25) is 0 Å². The lowest BCUT2D eigenvalue weighted by atomic mass is 10.2. The van der Waals surface area contributed by atoms with E-state index in [1.165, 1.54) is 30.2 Å². The summed E-state index contributed by atoms with van der Waals surface area (Å²) in [6.07, 6.45) is 2.59. The fourth-order valence-corrected chi connectivity index (χ4v) is 2.32. The maximum absolute atomic E-state index is 11.3. The highest BCUT2D eigenvalue weighted by Crippen LogP contribution is 2.21. The van der Waals surface area contributed by atoms with E-state index in [2.05, 4.69) is 22.8 Å². The van der Waals surface area contributed by atoms with Crippen molar-refractivity contribution in [3.05, 3.63) is 29.8 Å². The monoisotopic (exact) mass is 275 g/mol. The van der Waals surface area contributed by atoms with Gasteiger partial charge in [0.25, 0.3) is 0 Å². The Morgan fingerprint density at radius 3 is 2.74 bits per heavy atom. The molecule has 1 saturated carbocycles. The molecule has 0 heterocycles. The molecule has 0 spiro atoms. The van der Waals surface area contributed by atoms with Crippen molar-refractivity contribution in [2.75, 3.05) is 12.3 Å². The molecule has 0 atom stereocenters. The van der Waals surface area contributed by atoms with Crippen LogP contribution in [0.1, 0.15) is 18.4 Å². The van der Waals surface area contributed by atoms with Crippen LogP contribution in [-0.2, 0) is 11.3 Å². The Morgan fingerprint density at radius 1 is 1.37 bits per heavy atom. The fraction of sp³-hybridized carbons (Fsp3) is 0.429. The molecule has 0 aromatic heterocycles. The van der Waals surface area contributed by atoms with Crippen molar-refractivity contribution in [1.29, 1.82) is 5.26 Å². The molecule has 5 heteroatoms. The molecular weight excluding hydrogens is 258 g/mol. The number of nitriles is 1. The van der Waals surface area contributed by atoms with Crippen molar-refractivity contribution in [2.45, 2.75) is 30.3 Å². The Hall–Kier alpha value is -1.51. The third-order valence-electron chi connectivity index (χ3n) is 2.83. The van der Waals surface area contributed by atoms with Crippen LogP contribution in [0.3, 0.4) is 0 Å². The van der Waals surface area contributed by atoms with Crippen LogP contribution in [-0.4, -0.2) is 24.2 Å². The quantitative estimate of drug-likeness (QED) is 0.587. The first-order chi connectivity index (χ1) is 9.28. The summed E-state index contributed by atoms with van der Waals surface area (Å²) in [7, 11) is 0. The van der Waals surface area contributed by atoms with Crippen molar-refractivity contribution in [2.24, 2.45) is 0 Å². The minimum atomic E-state index is -0.106. The Morgan fingerprint density at radius 2 is 2.11 bits per heavy atom. The van der Waals surface area contributed by atoms with E-state index in [9.17, 15) is 4.79 Å². The van der Waals surface area contributed by atoms with E-state index in [-0.39, 0.29) is 12.5 Å². The molecule has 19 heavy (non-hydrogen) atoms. The summed E-state index contributed by atoms with van der Waals surface area (Å²) >= 11 is 1.48. The number of benzene rings is 1. The van der Waals surface area contributed by atoms with Gasteiger partial charge in [-0.05, 0) is 30.5 Å². The maximum atomic E-state index is 11.3. The van der Waals surface area contributed by atoms with Gasteiger partial charge in [0.1, 0.15) is 6.54 Å². The van der Waals surface area contributed by atoms with Gasteiger partial charge in [-0.15, -0.1) is 11.8 Å². The molecule has 1 aromatic carbocycles. The molecule has 0 bridgehead atoms. The molecular formula is C14H17N3OS. The van der Waals surface area contributed by atoms with E-state index in [4.69, 9.17) is 5.26 Å². The molecule has 1 fully saturated rings. The molecule has 0 aliphatic heterocycles. The van der Waals surface area contributed by atoms with Gasteiger partial charge in [-0.2, -0.15) is 5.26 Å². The SMILES string of the molecule is N#CCNC(=O)CSc1ccc(CNC2CC2)cc1. The third kappa shape index (κ3) is 5.33. The lowest BCUT2D eigenvalue weighted by Crippen LogP contribution is -2.25. The molecule has 0 radical (unpaired) electrons. The van der Waals surface area contributed by atoms with Crippen LogP contribution >= 0.6 is 11.8 Å². The first-order valence-corrected chi connectivity index (χ1v) is 7.35. The maximum Gasteiger partial charge on any atom is 0.231 e. The zero-order chi connectivity index (χ0) is 13.5. The average molecular weight is 275 g/mol. The number of thioether (sulfide) groups is 1. The highest BCUT2D eigenvalue weighted by molar-refractivity contribution is 8.00. The number of rotatable bonds is 7. The second kappa shape index (κ2) is 7.17. The van der Waals surface area contributed by atoms with Crippen LogP contribution in [0.15, 0.2) is 29.2 Å². The van der Waals surface area contributed by atoms with Crippen molar-refractivity contribution in [1.82, 2.24) is 10.6 Å². The van der Waals surface area contributed by atoms with Gasteiger partial charge >= 0.3 is 0 Å². The van der Waals surface area contributed by atoms with E-state index in [1.807, 2.05) is 18.2 Å². The topological polar surface area (TPSA) is 64.9 Å². The van der Waals surface area contributed by atoms with Crippen LogP contribution in [0, 0.1) is 11.3 Å². The number of amides is 1. The van der Waals surface area contributed by atoms with Gasteiger partial charge in [-0.1, -0.05) is 12.1 Å². The van der Waals surface area contributed by atoms with Crippen LogP contribution in [0.4, 0.5) is 0 Å². The zero-order valence-electron chi connectivity index (χ0n) is 10.7. The van der Waals surface area contributed by atoms with Gasteiger partial charge in [0.05, 0.1) is 11.8 Å². The number of carbonyl (C=O) groups is 1. The number of hydrogen-bond donors (Lipinski definition) is 2. The molecule has 2 rings (SSSR count). The standard InChI is InChI=1S/C14H17N3OS/c15-7-8-16-14(18)10-19-13-5-1-11(2-6-13)9-17-12-3-4-12/h1-2,5-6,12,17H,3-4,8-10H2,(H,16,18). The zero-order valence-corrected chi connectivity index (χ0v) is 11.5. The lowest BCUT2D eigenvalue weighted by Gasteiger charge is -2.05. The smallest absolute Gasteiger partial charge is 0.231 e. The van der Waals surface area contributed by atoms with Crippen molar-refractivity contribution >= 4 is 17.7 Å². The highest BCUT2D eigenvalue weighted by Gasteiger charge is 2.19. The minimum Gasteiger partial charge on any atom is -0.342 e. The van der Waals surface area contributed by atoms with Gasteiger partial charge in [0.2, 0.25) is 5.91 Å². The molecule has 4 nitrogen and oxygen atoms in total. The fourth-order valence-electron chi connectivity index (χ4n) is 1.59. The van der Waals surface area contributed by atoms with Crippen LogP contribution in [0.25, 0.3) is 0 Å². The molecule has 1 aliphatic carbocycles. The van der Waals surface area contributed by atoms with Gasteiger partial charge in [0.15, 0.2) is 0 Å². The first-order valence-electron chi connectivity index (χ1n) is 6.36. The Balaban J connectivity index is 1.71. The molecule has 100 valence electrons. The van der Waals surface area contributed by atoms with Crippen molar-refractivity contribution in [3.63, 3.8) is 0 Å². The Kier molecular flexibility index (Phi) is 5.25. The van der Waals surface area contributed by atoms with Crippen molar-refractivity contribution < 1.29 is 4.79 Å². The van der Waals surface area contributed by atoms with Crippen LogP contribution in [0.5, 0.6) is 0 Å². The summed E-state index contributed by atoms with van der Waals surface area (Å²) in [5, 5.41) is 14.3. The minimum absolute atomic E-state index is 0.0746. The van der Waals surface area contributed by atoms with Gasteiger partial charge < -0.3 is 10.6 Å². The van der Waals surface area contributed by atoms with E-state index in [0.29, 0.717) is 5.75 Å². The van der Waals surface area contributed by atoms with E-state index >= 15 is 0 Å². The van der Waals surface area contributed by atoms with E-state index in [1.54, 1.807) is 0 Å². The summed E-state index contributed by atoms with van der Waals surface area (Å²) in [6.45, 7) is 0.990. The Bertz CT molecular complexity index is 463. The molecule has 0 saturated heterocycles. The number of nitrogens with one attached hydrogen (secondary N) is 2. The molecule has 0 unspecified atom stereocenters. The number of nitrogens with zero attached hydrogens (tertiary/aromatic N) is 1. The first kappa shape index (κ1) is 13.9. The normalized spacial score (nSPS) is 13.8. The van der Waals surface area contributed by atoms with Crippen molar-refractivity contribution in [3.8, 4) is 6.07 Å². The predicted octanol–water partition coefficient (Wildman–Crippen LogP) is 1.67. The largest absolute Gasteiger partial charge is 0.342 e. The molecule has 2 N–H and O–H groups in total. The summed E-state index contributed by atoms with van der Waals surface area (Å²) < 4.78 is 0. The summed E-state index contributed by atoms with van der Waals surface area (Å²) in [5.41, 5.74) is 1.27. The lowest BCUT2D eigenvalue weighted by molar-refractivity contribution is -0.118. The predicted molar refractivity (Wildman–Crippen MR) is 75.7 cm³/mol. The van der Waals surface area contributed by atoms with Gasteiger partial charge in [-0.3, -0.25) is 4.79 Å². The molecule has 1 aliphatic rings. The van der Waals surface area contributed by atoms with Gasteiger partial charge in [-0.25, -0.2) is 0 Å². The summed E-state index contributed by atoms with van der Waals surface area (Å²) in [4.78, 5) is 12.4.